The number of carboxylic acids is 1. The van der Waals surface area contributed by atoms with Gasteiger partial charge in [0.05, 0.1) is 25.1 Å². The summed E-state index contributed by atoms with van der Waals surface area (Å²) in [4.78, 5) is 143. The van der Waals surface area contributed by atoms with Gasteiger partial charge in [0.1, 0.15) is 42.3 Å². The number of hydrogen-bond donors (Lipinski definition) is 14. The van der Waals surface area contributed by atoms with E-state index in [-0.39, 0.29) is 30.9 Å². The smallest absolute Gasteiger partial charge is 0.305 e. The molecule has 1 rings (SSSR count). The predicted molar refractivity (Wildman–Crippen MR) is 235 cm³/mol. The zero-order valence-corrected chi connectivity index (χ0v) is 38.4. The SMILES string of the molecule is CC[C@H](C)[C@H](NC(=O)[C@@H](NC(=O)[C@@H](N)CS)[C@@H](C)O)C(=O)N[C@@H](CCC(N)=O)C(=O)N[C@@H](CC(=O)O)C(=O)N[C@@H](CS)C(=O)N1CCC[C@H]1C(=O)N[C@H](C(=O)NCC(N)=O)[C@@H](C)CC. The van der Waals surface area contributed by atoms with Gasteiger partial charge in [-0.15, -0.1) is 0 Å². The fraction of sp³-hybridized carbons (Fsp3) is 0.711. The summed E-state index contributed by atoms with van der Waals surface area (Å²) in [5.41, 5.74) is 16.1. The molecule has 0 unspecified atom stereocenters. The lowest BCUT2D eigenvalue weighted by atomic mass is 9.96. The van der Waals surface area contributed by atoms with Crippen LogP contribution in [0, 0.1) is 11.8 Å². The van der Waals surface area contributed by atoms with Gasteiger partial charge in [-0.2, -0.15) is 25.3 Å². The molecule has 0 aromatic heterocycles. The van der Waals surface area contributed by atoms with Crippen LogP contribution in [-0.2, 0) is 52.7 Å². The molecule has 1 aliphatic rings. The Hall–Kier alpha value is -5.21. The minimum Gasteiger partial charge on any atom is -0.481 e. The van der Waals surface area contributed by atoms with Crippen molar-refractivity contribution in [2.24, 2.45) is 29.0 Å². The van der Waals surface area contributed by atoms with Gasteiger partial charge >= 0.3 is 5.97 Å². The third kappa shape index (κ3) is 18.1. The zero-order chi connectivity index (χ0) is 49.0. The van der Waals surface area contributed by atoms with E-state index in [0.717, 1.165) is 0 Å². The molecule has 0 bridgehead atoms. The molecule has 0 aromatic carbocycles. The number of nitrogens with two attached hydrogens (primary N) is 3. The van der Waals surface area contributed by atoms with Crippen LogP contribution in [-0.4, -0.2) is 159 Å². The van der Waals surface area contributed by atoms with Crippen LogP contribution in [0.15, 0.2) is 0 Å². The van der Waals surface area contributed by atoms with Crippen molar-refractivity contribution in [3.63, 3.8) is 0 Å². The topological polar surface area (TPSA) is 394 Å². The molecule has 0 spiro atoms. The van der Waals surface area contributed by atoms with E-state index >= 15 is 0 Å². The first-order valence-corrected chi connectivity index (χ1v) is 22.0. The molecule has 0 aliphatic carbocycles. The Bertz CT molecular complexity index is 1710. The highest BCUT2D eigenvalue weighted by Crippen LogP contribution is 2.20. The van der Waals surface area contributed by atoms with E-state index in [1.165, 1.54) is 11.8 Å². The first-order chi connectivity index (χ1) is 29.9. The number of likely N-dealkylation sites (tertiary alicyclic amines) is 1. The number of carboxylic acid groups (broad SMARTS) is 1. The predicted octanol–water partition coefficient (Wildman–Crippen LogP) is -5.11. The largest absolute Gasteiger partial charge is 0.481 e. The highest BCUT2D eigenvalue weighted by atomic mass is 32.1. The molecule has 1 fully saturated rings. The molecule has 11 atom stereocenters. The number of thiol groups is 2. The number of aliphatic hydroxyl groups is 1. The molecule has 0 saturated carbocycles. The summed E-state index contributed by atoms with van der Waals surface area (Å²) in [6, 6.07) is -11.3. The molecule has 0 radical (unpaired) electrons. The molecule has 1 saturated heterocycles. The number of primary amides is 2. The fourth-order valence-electron chi connectivity index (χ4n) is 6.36. The summed E-state index contributed by atoms with van der Waals surface area (Å²) < 4.78 is 0. The number of rotatable bonds is 28. The number of nitrogens with zero attached hydrogens (tertiary/aromatic N) is 1. The van der Waals surface area contributed by atoms with E-state index in [1.807, 2.05) is 0 Å². The summed E-state index contributed by atoms with van der Waals surface area (Å²) in [5.74, 6) is -11.9. The number of aliphatic carboxylic acids is 1. The van der Waals surface area contributed by atoms with Gasteiger partial charge < -0.3 is 69.5 Å². The molecule has 0 aromatic rings. The maximum Gasteiger partial charge on any atom is 0.305 e. The second-order valence-electron chi connectivity index (χ2n) is 15.6. The van der Waals surface area contributed by atoms with Crippen molar-refractivity contribution in [1.29, 1.82) is 0 Å². The van der Waals surface area contributed by atoms with Crippen molar-refractivity contribution >= 4 is 90.3 Å². The highest BCUT2D eigenvalue weighted by molar-refractivity contribution is 7.80. The Morgan fingerprint density at radius 1 is 0.672 bits per heavy atom. The highest BCUT2D eigenvalue weighted by Gasteiger charge is 2.41. The Kier molecular flexibility index (Phi) is 24.7. The van der Waals surface area contributed by atoms with Crippen LogP contribution >= 0.6 is 25.3 Å². The van der Waals surface area contributed by atoms with Crippen molar-refractivity contribution in [3.05, 3.63) is 0 Å². The van der Waals surface area contributed by atoms with Crippen molar-refractivity contribution in [1.82, 2.24) is 42.1 Å². The average molecular weight is 948 g/mol. The fourth-order valence-corrected chi connectivity index (χ4v) is 6.78. The molecule has 26 heteroatoms. The first-order valence-electron chi connectivity index (χ1n) is 20.8. The van der Waals surface area contributed by atoms with Crippen LogP contribution < -0.4 is 54.4 Å². The van der Waals surface area contributed by atoms with E-state index in [9.17, 15) is 63.0 Å². The second-order valence-corrected chi connectivity index (χ2v) is 16.3. The lowest BCUT2D eigenvalue weighted by Crippen LogP contribution is -2.62. The summed E-state index contributed by atoms with van der Waals surface area (Å²) in [7, 11) is 0. The second kappa shape index (κ2) is 27.9. The molecular formula is C38H65N11O13S2. The monoisotopic (exact) mass is 947 g/mol. The Morgan fingerprint density at radius 3 is 1.69 bits per heavy atom. The number of hydrogen-bond acceptors (Lipinski definition) is 15. The molecule has 15 N–H and O–H groups in total. The van der Waals surface area contributed by atoms with Crippen molar-refractivity contribution < 1.29 is 63.0 Å². The van der Waals surface area contributed by atoms with Gasteiger partial charge in [0.25, 0.3) is 0 Å². The number of nitrogens with one attached hydrogen (secondary N) is 7. The van der Waals surface area contributed by atoms with E-state index in [0.29, 0.717) is 12.8 Å². The average Bonchev–Trinajstić information content (AvgIpc) is 3.74. The number of aliphatic hydroxyl groups excluding tert-OH is 1. The Balaban J connectivity index is 3.33. The van der Waals surface area contributed by atoms with Crippen molar-refractivity contribution in [2.45, 2.75) is 134 Å². The van der Waals surface area contributed by atoms with E-state index in [1.54, 1.807) is 27.7 Å². The maximum atomic E-state index is 13.8. The maximum absolute atomic E-state index is 13.8. The lowest BCUT2D eigenvalue weighted by molar-refractivity contribution is -0.143. The number of amides is 10. The van der Waals surface area contributed by atoms with Crippen LogP contribution in [0.1, 0.15) is 79.6 Å². The Morgan fingerprint density at radius 2 is 1.19 bits per heavy atom. The molecule has 1 aliphatic heterocycles. The van der Waals surface area contributed by atoms with E-state index in [2.05, 4.69) is 62.5 Å². The normalized spacial score (nSPS) is 18.1. The molecular weight excluding hydrogens is 883 g/mol. The van der Waals surface area contributed by atoms with Gasteiger partial charge in [-0.05, 0) is 38.0 Å². The van der Waals surface area contributed by atoms with Crippen molar-refractivity contribution in [2.75, 3.05) is 24.6 Å². The van der Waals surface area contributed by atoms with Gasteiger partial charge in [-0.1, -0.05) is 40.5 Å². The summed E-state index contributed by atoms with van der Waals surface area (Å²) in [6.45, 7) is 7.55. The molecule has 10 amide bonds. The van der Waals surface area contributed by atoms with Gasteiger partial charge in [0.2, 0.25) is 59.1 Å². The third-order valence-electron chi connectivity index (χ3n) is 10.6. The lowest BCUT2D eigenvalue weighted by Gasteiger charge is -2.31. The van der Waals surface area contributed by atoms with Crippen LogP contribution in [0.25, 0.3) is 0 Å². The molecule has 24 nitrogen and oxygen atoms in total. The van der Waals surface area contributed by atoms with Crippen LogP contribution in [0.4, 0.5) is 0 Å². The number of carbonyl (C=O) groups excluding carboxylic acids is 10. The third-order valence-corrected chi connectivity index (χ3v) is 11.3. The Labute approximate surface area is 382 Å². The van der Waals surface area contributed by atoms with Gasteiger partial charge in [0, 0.05) is 24.5 Å². The molecule has 64 heavy (non-hydrogen) atoms. The first kappa shape index (κ1) is 56.8. The summed E-state index contributed by atoms with van der Waals surface area (Å²) >= 11 is 8.14. The van der Waals surface area contributed by atoms with Crippen LogP contribution in [0.3, 0.4) is 0 Å². The van der Waals surface area contributed by atoms with Gasteiger partial charge in [0.15, 0.2) is 0 Å². The molecule has 1 heterocycles. The summed E-state index contributed by atoms with van der Waals surface area (Å²) in [5, 5.41) is 36.7. The minimum absolute atomic E-state index is 0.0616. The van der Waals surface area contributed by atoms with Crippen LogP contribution in [0.2, 0.25) is 0 Å². The standard InChI is InChI=1S/C38H65N11O13S2/c1-6-17(3)28(35(59)42-14-26(41)52)46-34(58)24-9-8-12-49(24)38(62)23(16-64)45-33(57)22(13-27(53)54)44-32(56)21(10-11-25(40)51)43-36(60)29(18(4)7-2)47-37(61)30(19(5)50)48-31(55)20(39)15-63/h17-24,28-30,50,63-64H,6-16,39H2,1-5H3,(H2,40,51)(H2,41,52)(H,42,59)(H,43,60)(H,44,56)(H,45,57)(H,46,58)(H,47,61)(H,48,55)(H,53,54)/t17-,18-,19+,20-,21-,22-,23-,24-,28-,29-,30-/m0/s1. The minimum atomic E-state index is -1.88. The van der Waals surface area contributed by atoms with Gasteiger partial charge in [-0.3, -0.25) is 52.7 Å². The van der Waals surface area contributed by atoms with E-state index < -0.39 is 157 Å². The molecule has 362 valence electrons. The van der Waals surface area contributed by atoms with Crippen molar-refractivity contribution in [3.8, 4) is 0 Å². The number of carbonyl (C=O) groups is 11. The van der Waals surface area contributed by atoms with Crippen LogP contribution in [0.5, 0.6) is 0 Å². The van der Waals surface area contributed by atoms with E-state index in [4.69, 9.17) is 17.2 Å². The quantitative estimate of drug-likeness (QED) is 0.0327. The summed E-state index contributed by atoms with van der Waals surface area (Å²) in [6.07, 6.45) is -2.13. The zero-order valence-electron chi connectivity index (χ0n) is 36.6. The van der Waals surface area contributed by atoms with Gasteiger partial charge in [-0.25, -0.2) is 0 Å².